The molecule has 2 saturated carbocycles. The zero-order chi connectivity index (χ0) is 17.1. The van der Waals surface area contributed by atoms with E-state index in [-0.39, 0.29) is 30.3 Å². The van der Waals surface area contributed by atoms with E-state index >= 15 is 0 Å². The second kappa shape index (κ2) is 7.37. The van der Waals surface area contributed by atoms with Crippen LogP contribution in [0, 0.1) is 17.8 Å². The van der Waals surface area contributed by atoms with Gasteiger partial charge in [-0.25, -0.2) is 0 Å². The Morgan fingerprint density at radius 3 is 2.46 bits per heavy atom. The van der Waals surface area contributed by atoms with E-state index in [0.29, 0.717) is 5.92 Å². The Hall–Kier alpha value is -1.84. The number of rotatable bonds is 6. The van der Waals surface area contributed by atoms with Gasteiger partial charge in [0.25, 0.3) is 0 Å². The number of nitrogens with one attached hydrogen (secondary N) is 2. The maximum Gasteiger partial charge on any atom is 0.222 e. The number of benzene rings is 1. The highest BCUT2D eigenvalue weighted by Gasteiger charge is 2.42. The van der Waals surface area contributed by atoms with Crippen molar-refractivity contribution >= 4 is 11.8 Å². The summed E-state index contributed by atoms with van der Waals surface area (Å²) in [6.45, 7) is 3.63. The van der Waals surface area contributed by atoms with Gasteiger partial charge in [-0.05, 0) is 49.5 Å². The number of hydrogen-bond acceptors (Lipinski definition) is 2. The molecule has 0 saturated heterocycles. The molecule has 24 heavy (non-hydrogen) atoms. The van der Waals surface area contributed by atoms with Crippen molar-refractivity contribution in [2.45, 2.75) is 58.0 Å². The average Bonchev–Trinajstić information content (AvgIpc) is 3.17. The van der Waals surface area contributed by atoms with Crippen molar-refractivity contribution in [1.82, 2.24) is 10.6 Å². The highest BCUT2D eigenvalue weighted by molar-refractivity contribution is 5.79. The molecule has 0 aliphatic heterocycles. The maximum atomic E-state index is 12.5. The molecule has 0 heterocycles. The first kappa shape index (κ1) is 17.0. The first-order valence-electron chi connectivity index (χ1n) is 9.14. The summed E-state index contributed by atoms with van der Waals surface area (Å²) in [5.41, 5.74) is 0.968. The van der Waals surface area contributed by atoms with Crippen LogP contribution in [0.1, 0.15) is 57.6 Å². The van der Waals surface area contributed by atoms with Crippen LogP contribution in [0.25, 0.3) is 0 Å². The summed E-state index contributed by atoms with van der Waals surface area (Å²) in [5, 5.41) is 6.09. The van der Waals surface area contributed by atoms with Crippen LogP contribution in [0.2, 0.25) is 0 Å². The Labute approximate surface area is 144 Å². The molecule has 0 spiro atoms. The minimum absolute atomic E-state index is 0.0212. The van der Waals surface area contributed by atoms with Crippen molar-refractivity contribution in [1.29, 1.82) is 0 Å². The third kappa shape index (κ3) is 3.97. The van der Waals surface area contributed by atoms with Gasteiger partial charge in [-0.1, -0.05) is 36.8 Å². The fourth-order valence-corrected chi connectivity index (χ4v) is 4.69. The molecule has 4 heteroatoms. The number of carbonyl (C=O) groups excluding carboxylic acids is 2. The third-order valence-electron chi connectivity index (χ3n) is 5.79. The minimum atomic E-state index is -0.268. The number of carbonyl (C=O) groups is 2. The fraction of sp³-hybridized carbons (Fsp3) is 0.600. The van der Waals surface area contributed by atoms with E-state index in [1.54, 1.807) is 0 Å². The van der Waals surface area contributed by atoms with Crippen LogP contribution >= 0.6 is 0 Å². The standard InChI is InChI=1S/C20H28N2O2/c1-13(18-11-15-8-9-17(18)10-15)21-20(24)12-19(22-14(2)23)16-6-4-3-5-7-16/h3-7,13,15,17-19H,8-12H2,1-2H3,(H,21,24)(H,22,23). The van der Waals surface area contributed by atoms with Gasteiger partial charge in [-0.3, -0.25) is 9.59 Å². The van der Waals surface area contributed by atoms with Gasteiger partial charge < -0.3 is 10.6 Å². The van der Waals surface area contributed by atoms with Gasteiger partial charge in [-0.15, -0.1) is 0 Å². The van der Waals surface area contributed by atoms with E-state index in [4.69, 9.17) is 0 Å². The molecule has 130 valence electrons. The topological polar surface area (TPSA) is 58.2 Å². The van der Waals surface area contributed by atoms with Crippen LogP contribution < -0.4 is 10.6 Å². The lowest BCUT2D eigenvalue weighted by molar-refractivity contribution is -0.123. The molecule has 1 aromatic rings. The highest BCUT2D eigenvalue weighted by Crippen LogP contribution is 2.49. The quantitative estimate of drug-likeness (QED) is 0.842. The lowest BCUT2D eigenvalue weighted by atomic mass is 9.84. The second-order valence-electron chi connectivity index (χ2n) is 7.56. The monoisotopic (exact) mass is 328 g/mol. The largest absolute Gasteiger partial charge is 0.353 e. The summed E-state index contributed by atoms with van der Waals surface area (Å²) in [6, 6.07) is 9.66. The molecule has 2 fully saturated rings. The molecule has 5 atom stereocenters. The molecule has 5 unspecified atom stereocenters. The highest BCUT2D eigenvalue weighted by atomic mass is 16.2. The number of hydrogen-bond donors (Lipinski definition) is 2. The summed E-state index contributed by atoms with van der Waals surface area (Å²) in [4.78, 5) is 24.0. The van der Waals surface area contributed by atoms with Gasteiger partial charge in [-0.2, -0.15) is 0 Å². The molecule has 2 amide bonds. The molecule has 0 aromatic heterocycles. The Kier molecular flexibility index (Phi) is 5.22. The van der Waals surface area contributed by atoms with E-state index in [2.05, 4.69) is 17.6 Å². The van der Waals surface area contributed by atoms with Crippen LogP contribution in [0.3, 0.4) is 0 Å². The lowest BCUT2D eigenvalue weighted by Gasteiger charge is -2.29. The number of amides is 2. The normalized spacial score (nSPS) is 27.5. The molecule has 4 nitrogen and oxygen atoms in total. The zero-order valence-electron chi connectivity index (χ0n) is 14.6. The van der Waals surface area contributed by atoms with Gasteiger partial charge in [0.1, 0.15) is 0 Å². The maximum absolute atomic E-state index is 12.5. The molecule has 2 N–H and O–H groups in total. The zero-order valence-corrected chi connectivity index (χ0v) is 14.6. The van der Waals surface area contributed by atoms with E-state index in [9.17, 15) is 9.59 Å². The molecule has 1 aromatic carbocycles. The molecule has 2 aliphatic rings. The van der Waals surface area contributed by atoms with Crippen molar-refractivity contribution < 1.29 is 9.59 Å². The molecular formula is C20H28N2O2. The van der Waals surface area contributed by atoms with Crippen LogP contribution in [0.4, 0.5) is 0 Å². The Balaban J connectivity index is 1.58. The summed E-state index contributed by atoms with van der Waals surface area (Å²) in [6.07, 6.45) is 5.60. The van der Waals surface area contributed by atoms with Gasteiger partial charge in [0, 0.05) is 13.0 Å². The lowest BCUT2D eigenvalue weighted by Crippen LogP contribution is -2.41. The van der Waals surface area contributed by atoms with Gasteiger partial charge >= 0.3 is 0 Å². The SMILES string of the molecule is CC(=O)NC(CC(=O)NC(C)C1CC2CCC1C2)c1ccccc1. The predicted molar refractivity (Wildman–Crippen MR) is 94.2 cm³/mol. The molecular weight excluding hydrogens is 300 g/mol. The van der Waals surface area contributed by atoms with Crippen LogP contribution in [-0.2, 0) is 9.59 Å². The van der Waals surface area contributed by atoms with Gasteiger partial charge in [0.15, 0.2) is 0 Å². The fourth-order valence-electron chi connectivity index (χ4n) is 4.69. The Bertz CT molecular complexity index is 587. The summed E-state index contributed by atoms with van der Waals surface area (Å²) < 4.78 is 0. The molecule has 0 radical (unpaired) electrons. The van der Waals surface area contributed by atoms with E-state index in [0.717, 1.165) is 17.4 Å². The van der Waals surface area contributed by atoms with Gasteiger partial charge in [0.2, 0.25) is 11.8 Å². The predicted octanol–water partition coefficient (Wildman–Crippen LogP) is 3.19. The van der Waals surface area contributed by atoms with Crippen molar-refractivity contribution in [3.63, 3.8) is 0 Å². The molecule has 3 rings (SSSR count). The van der Waals surface area contributed by atoms with E-state index < -0.39 is 0 Å². The summed E-state index contributed by atoms with van der Waals surface area (Å²) >= 11 is 0. The van der Waals surface area contributed by atoms with E-state index in [1.807, 2.05) is 30.3 Å². The Morgan fingerprint density at radius 2 is 1.88 bits per heavy atom. The van der Waals surface area contributed by atoms with Crippen LogP contribution in [0.5, 0.6) is 0 Å². The van der Waals surface area contributed by atoms with Crippen LogP contribution in [-0.4, -0.2) is 17.9 Å². The van der Waals surface area contributed by atoms with E-state index in [1.165, 1.54) is 32.6 Å². The average molecular weight is 328 g/mol. The summed E-state index contributed by atoms with van der Waals surface area (Å²) in [7, 11) is 0. The summed E-state index contributed by atoms with van der Waals surface area (Å²) in [5.74, 6) is 2.22. The molecule has 2 aliphatic carbocycles. The van der Waals surface area contributed by atoms with Gasteiger partial charge in [0.05, 0.1) is 12.5 Å². The second-order valence-corrected chi connectivity index (χ2v) is 7.56. The smallest absolute Gasteiger partial charge is 0.222 e. The van der Waals surface area contributed by atoms with Crippen LogP contribution in [0.15, 0.2) is 30.3 Å². The number of fused-ring (bicyclic) bond motifs is 2. The third-order valence-corrected chi connectivity index (χ3v) is 5.79. The van der Waals surface area contributed by atoms with Crippen molar-refractivity contribution in [3.8, 4) is 0 Å². The van der Waals surface area contributed by atoms with Crippen molar-refractivity contribution in [2.75, 3.05) is 0 Å². The first-order valence-corrected chi connectivity index (χ1v) is 9.14. The Morgan fingerprint density at radius 1 is 1.12 bits per heavy atom. The molecule has 2 bridgehead atoms. The van der Waals surface area contributed by atoms with Crippen molar-refractivity contribution in [3.05, 3.63) is 35.9 Å². The minimum Gasteiger partial charge on any atom is -0.353 e. The first-order chi connectivity index (χ1) is 11.5. The van der Waals surface area contributed by atoms with Crippen molar-refractivity contribution in [2.24, 2.45) is 17.8 Å².